The van der Waals surface area contributed by atoms with Crippen molar-refractivity contribution in [3.05, 3.63) is 48.0 Å². The Hall–Kier alpha value is -1.88. The first-order chi connectivity index (χ1) is 10.7. The van der Waals surface area contributed by atoms with Gasteiger partial charge in [-0.25, -0.2) is 9.97 Å². The van der Waals surface area contributed by atoms with Gasteiger partial charge in [0.2, 0.25) is 0 Å². The topological polar surface area (TPSA) is 64.2 Å². The van der Waals surface area contributed by atoms with Crippen LogP contribution in [-0.2, 0) is 11.2 Å². The third-order valence-electron chi connectivity index (χ3n) is 4.86. The molecular weight excluding hydrogens is 292 g/mol. The van der Waals surface area contributed by atoms with Gasteiger partial charge in [-0.15, -0.1) is 0 Å². The number of hydrogen-bond donors (Lipinski definition) is 1. The summed E-state index contributed by atoms with van der Waals surface area (Å²) in [7, 11) is 0. The molecule has 0 radical (unpaired) electrons. The Bertz CT molecular complexity index is 744. The average Bonchev–Trinajstić information content (AvgIpc) is 2.55. The molecule has 2 unspecified atom stereocenters. The molecule has 2 aliphatic rings. The van der Waals surface area contributed by atoms with Crippen molar-refractivity contribution in [2.75, 3.05) is 6.54 Å². The molecule has 4 rings (SSSR count). The standard InChI is InChI=1S/C17H18N4S/c1-17-14(9-21-16(18)22-17)5-4-11-2-3-12(6-15(11)17)13-7-19-10-20-8-13/h2-3,6-8,10,14H,4-5,9H2,1H3,(H2,18,21). The van der Waals surface area contributed by atoms with Crippen LogP contribution in [-0.4, -0.2) is 21.7 Å². The zero-order chi connectivity index (χ0) is 15.2. The SMILES string of the molecule is CC12SC(N)=NCC1CCc1ccc(-c3cncnc3)cc12. The molecule has 0 spiro atoms. The summed E-state index contributed by atoms with van der Waals surface area (Å²) in [4.78, 5) is 12.7. The highest BCUT2D eigenvalue weighted by atomic mass is 32.2. The minimum atomic E-state index is 0.0189. The predicted molar refractivity (Wildman–Crippen MR) is 90.7 cm³/mol. The fraction of sp³-hybridized carbons (Fsp3) is 0.353. The van der Waals surface area contributed by atoms with E-state index in [1.165, 1.54) is 23.1 Å². The first-order valence-electron chi connectivity index (χ1n) is 7.54. The first-order valence-corrected chi connectivity index (χ1v) is 8.36. The van der Waals surface area contributed by atoms with Crippen LogP contribution < -0.4 is 5.73 Å². The summed E-state index contributed by atoms with van der Waals surface area (Å²) in [5, 5.41) is 0.708. The minimum absolute atomic E-state index is 0.0189. The molecule has 1 aliphatic carbocycles. The highest BCUT2D eigenvalue weighted by molar-refractivity contribution is 8.14. The fourth-order valence-electron chi connectivity index (χ4n) is 3.56. The Morgan fingerprint density at radius 1 is 1.23 bits per heavy atom. The molecule has 1 aliphatic heterocycles. The van der Waals surface area contributed by atoms with Crippen LogP contribution in [0.2, 0.25) is 0 Å². The maximum absolute atomic E-state index is 6.03. The van der Waals surface area contributed by atoms with Crippen LogP contribution in [0.4, 0.5) is 0 Å². The summed E-state index contributed by atoms with van der Waals surface area (Å²) in [6.07, 6.45) is 7.59. The molecule has 4 nitrogen and oxygen atoms in total. The van der Waals surface area contributed by atoms with E-state index in [9.17, 15) is 0 Å². The van der Waals surface area contributed by atoms with Crippen molar-refractivity contribution in [2.24, 2.45) is 16.6 Å². The number of hydrogen-bond acceptors (Lipinski definition) is 5. The number of nitrogens with two attached hydrogens (primary N) is 1. The van der Waals surface area contributed by atoms with Crippen molar-refractivity contribution in [3.8, 4) is 11.1 Å². The number of thioether (sulfide) groups is 1. The second kappa shape index (κ2) is 5.09. The Labute approximate surface area is 134 Å². The van der Waals surface area contributed by atoms with Crippen LogP contribution in [0.15, 0.2) is 41.9 Å². The van der Waals surface area contributed by atoms with Gasteiger partial charge in [-0.1, -0.05) is 23.9 Å². The summed E-state index contributed by atoms with van der Waals surface area (Å²) in [6, 6.07) is 6.72. The molecule has 0 saturated carbocycles. The van der Waals surface area contributed by atoms with Crippen molar-refractivity contribution in [3.63, 3.8) is 0 Å². The van der Waals surface area contributed by atoms with E-state index in [0.29, 0.717) is 11.1 Å². The van der Waals surface area contributed by atoms with Gasteiger partial charge in [-0.2, -0.15) is 0 Å². The van der Waals surface area contributed by atoms with Crippen molar-refractivity contribution >= 4 is 16.9 Å². The molecule has 0 bridgehead atoms. The molecule has 0 saturated heterocycles. The summed E-state index contributed by atoms with van der Waals surface area (Å²) >= 11 is 1.72. The van der Waals surface area contributed by atoms with Crippen LogP contribution in [0.1, 0.15) is 24.5 Å². The van der Waals surface area contributed by atoms with Gasteiger partial charge in [-0.05, 0) is 48.4 Å². The zero-order valence-corrected chi connectivity index (χ0v) is 13.3. The third kappa shape index (κ3) is 2.11. The molecule has 1 aromatic heterocycles. The van der Waals surface area contributed by atoms with Gasteiger partial charge in [0.25, 0.3) is 0 Å². The Kier molecular flexibility index (Phi) is 3.18. The highest BCUT2D eigenvalue weighted by Crippen LogP contribution is 2.51. The molecule has 22 heavy (non-hydrogen) atoms. The number of fused-ring (bicyclic) bond motifs is 3. The van der Waals surface area contributed by atoms with Crippen molar-refractivity contribution in [1.29, 1.82) is 0 Å². The maximum atomic E-state index is 6.03. The van der Waals surface area contributed by atoms with E-state index in [1.807, 2.05) is 12.4 Å². The lowest BCUT2D eigenvalue weighted by molar-refractivity contribution is 0.365. The Morgan fingerprint density at radius 3 is 2.86 bits per heavy atom. The lowest BCUT2D eigenvalue weighted by atomic mass is 9.74. The van der Waals surface area contributed by atoms with E-state index in [-0.39, 0.29) is 4.75 Å². The number of benzene rings is 1. The van der Waals surface area contributed by atoms with E-state index in [1.54, 1.807) is 18.1 Å². The van der Waals surface area contributed by atoms with Crippen LogP contribution >= 0.6 is 11.8 Å². The molecule has 2 N–H and O–H groups in total. The van der Waals surface area contributed by atoms with Gasteiger partial charge in [0.1, 0.15) is 6.33 Å². The normalized spacial score (nSPS) is 26.8. The second-order valence-electron chi connectivity index (χ2n) is 6.12. The quantitative estimate of drug-likeness (QED) is 0.879. The van der Waals surface area contributed by atoms with E-state index >= 15 is 0 Å². The van der Waals surface area contributed by atoms with Gasteiger partial charge in [0.05, 0.1) is 4.75 Å². The second-order valence-corrected chi connectivity index (χ2v) is 7.59. The maximum Gasteiger partial charge on any atom is 0.154 e. The first kappa shape index (κ1) is 13.8. The minimum Gasteiger partial charge on any atom is -0.379 e. The highest BCUT2D eigenvalue weighted by Gasteiger charge is 2.43. The van der Waals surface area contributed by atoms with Crippen molar-refractivity contribution in [1.82, 2.24) is 9.97 Å². The molecule has 0 amide bonds. The average molecular weight is 310 g/mol. The predicted octanol–water partition coefficient (Wildman–Crippen LogP) is 2.98. The van der Waals surface area contributed by atoms with E-state index in [4.69, 9.17) is 5.73 Å². The smallest absolute Gasteiger partial charge is 0.154 e. The summed E-state index contributed by atoms with van der Waals surface area (Å²) in [5.41, 5.74) is 11.1. The van der Waals surface area contributed by atoms with E-state index < -0.39 is 0 Å². The molecule has 2 aromatic rings. The summed E-state index contributed by atoms with van der Waals surface area (Å²) in [6.45, 7) is 3.15. The molecule has 5 heteroatoms. The summed E-state index contributed by atoms with van der Waals surface area (Å²) < 4.78 is 0.0189. The molecular formula is C17H18N4S. The van der Waals surface area contributed by atoms with Gasteiger partial charge in [-0.3, -0.25) is 4.99 Å². The Balaban J connectivity index is 1.83. The van der Waals surface area contributed by atoms with Crippen molar-refractivity contribution < 1.29 is 0 Å². The van der Waals surface area contributed by atoms with Gasteiger partial charge >= 0.3 is 0 Å². The molecule has 112 valence electrons. The monoisotopic (exact) mass is 310 g/mol. The largest absolute Gasteiger partial charge is 0.379 e. The number of amidine groups is 1. The van der Waals surface area contributed by atoms with Crippen molar-refractivity contribution in [2.45, 2.75) is 24.5 Å². The number of aromatic nitrogens is 2. The third-order valence-corrected chi connectivity index (χ3v) is 6.18. The Morgan fingerprint density at radius 2 is 2.05 bits per heavy atom. The molecule has 2 atom stereocenters. The zero-order valence-electron chi connectivity index (χ0n) is 12.5. The molecule has 1 aromatic carbocycles. The van der Waals surface area contributed by atoms with Crippen LogP contribution in [0.3, 0.4) is 0 Å². The van der Waals surface area contributed by atoms with Gasteiger partial charge in [0, 0.05) is 24.5 Å². The molecule has 2 heterocycles. The number of aliphatic imine (C=N–C) groups is 1. The number of aryl methyl sites for hydroxylation is 1. The number of nitrogens with zero attached hydrogens (tertiary/aromatic N) is 3. The number of rotatable bonds is 1. The van der Waals surface area contributed by atoms with E-state index in [2.05, 4.69) is 40.1 Å². The van der Waals surface area contributed by atoms with Crippen LogP contribution in [0.5, 0.6) is 0 Å². The van der Waals surface area contributed by atoms with Gasteiger partial charge in [0.15, 0.2) is 5.17 Å². The van der Waals surface area contributed by atoms with Crippen LogP contribution in [0, 0.1) is 5.92 Å². The van der Waals surface area contributed by atoms with Crippen LogP contribution in [0.25, 0.3) is 11.1 Å². The lowest BCUT2D eigenvalue weighted by Crippen LogP contribution is -2.41. The molecule has 0 fully saturated rings. The van der Waals surface area contributed by atoms with E-state index in [0.717, 1.165) is 18.5 Å². The fourth-order valence-corrected chi connectivity index (χ4v) is 4.80. The van der Waals surface area contributed by atoms with Gasteiger partial charge < -0.3 is 5.73 Å². The lowest BCUT2D eigenvalue weighted by Gasteiger charge is -2.44. The summed E-state index contributed by atoms with van der Waals surface area (Å²) in [5.74, 6) is 0.555.